The zero-order chi connectivity index (χ0) is 36.6. The summed E-state index contributed by atoms with van der Waals surface area (Å²) in [6.07, 6.45) is 41.7. The molecule has 6 heteroatoms. The quantitative estimate of drug-likeness (QED) is 0.0275. The Balaban J connectivity index is 4.35. The van der Waals surface area contributed by atoms with E-state index in [1.807, 2.05) is 0 Å². The Bertz CT molecular complexity index is 819. The number of carbonyl (C=O) groups excluding carboxylic acids is 3. The molecule has 0 aromatic rings. The second-order valence-electron chi connectivity index (χ2n) is 14.2. The molecule has 0 saturated heterocycles. The number of hydrogen-bond donors (Lipinski definition) is 0. The van der Waals surface area contributed by atoms with Gasteiger partial charge in [-0.05, 0) is 44.9 Å². The molecule has 0 heterocycles. The SMILES string of the molecule is CC/C=C\C/C=C\CCCCC(=O)OCC(COC(=O)CCCCCCCCCCCCCCC)OC(=O)CCCCCCCCCCCC. The summed E-state index contributed by atoms with van der Waals surface area (Å²) in [5, 5.41) is 0. The van der Waals surface area contributed by atoms with E-state index in [4.69, 9.17) is 14.2 Å². The van der Waals surface area contributed by atoms with E-state index in [-0.39, 0.29) is 31.1 Å². The van der Waals surface area contributed by atoms with Crippen LogP contribution in [-0.4, -0.2) is 37.2 Å². The zero-order valence-electron chi connectivity index (χ0n) is 33.2. The van der Waals surface area contributed by atoms with E-state index in [2.05, 4.69) is 45.1 Å². The highest BCUT2D eigenvalue weighted by Gasteiger charge is 2.19. The Morgan fingerprint density at radius 1 is 0.420 bits per heavy atom. The number of esters is 3. The Kier molecular flexibility index (Phi) is 38.0. The van der Waals surface area contributed by atoms with E-state index in [0.717, 1.165) is 70.6 Å². The minimum absolute atomic E-state index is 0.0778. The van der Waals surface area contributed by atoms with E-state index in [9.17, 15) is 14.4 Å². The third kappa shape index (κ3) is 37.2. The topological polar surface area (TPSA) is 78.9 Å². The molecule has 6 nitrogen and oxygen atoms in total. The first kappa shape index (κ1) is 47.9. The van der Waals surface area contributed by atoms with Crippen molar-refractivity contribution in [3.63, 3.8) is 0 Å². The summed E-state index contributed by atoms with van der Waals surface area (Å²) >= 11 is 0. The number of rotatable bonds is 38. The highest BCUT2D eigenvalue weighted by Crippen LogP contribution is 2.15. The third-order valence-electron chi connectivity index (χ3n) is 9.22. The maximum atomic E-state index is 12.6. The average molecular weight is 705 g/mol. The molecule has 0 aliphatic rings. The van der Waals surface area contributed by atoms with Crippen LogP contribution in [0.25, 0.3) is 0 Å². The van der Waals surface area contributed by atoms with Crippen molar-refractivity contribution in [2.45, 2.75) is 226 Å². The van der Waals surface area contributed by atoms with Crippen LogP contribution in [-0.2, 0) is 28.6 Å². The van der Waals surface area contributed by atoms with Crippen LogP contribution >= 0.6 is 0 Å². The number of allylic oxidation sites excluding steroid dienone is 4. The smallest absolute Gasteiger partial charge is 0.306 e. The van der Waals surface area contributed by atoms with Gasteiger partial charge in [-0.15, -0.1) is 0 Å². The highest BCUT2D eigenvalue weighted by atomic mass is 16.6. The van der Waals surface area contributed by atoms with Gasteiger partial charge in [-0.3, -0.25) is 14.4 Å². The molecule has 0 rings (SSSR count). The first-order valence-corrected chi connectivity index (χ1v) is 21.3. The number of hydrogen-bond acceptors (Lipinski definition) is 6. The zero-order valence-corrected chi connectivity index (χ0v) is 33.2. The molecule has 0 N–H and O–H groups in total. The van der Waals surface area contributed by atoms with Gasteiger partial charge in [0, 0.05) is 19.3 Å². The van der Waals surface area contributed by atoms with E-state index in [1.165, 1.54) is 109 Å². The third-order valence-corrected chi connectivity index (χ3v) is 9.22. The van der Waals surface area contributed by atoms with Crippen LogP contribution in [0.5, 0.6) is 0 Å². The minimum Gasteiger partial charge on any atom is -0.462 e. The second-order valence-corrected chi connectivity index (χ2v) is 14.2. The Hall–Kier alpha value is -2.11. The van der Waals surface area contributed by atoms with Gasteiger partial charge < -0.3 is 14.2 Å². The molecule has 0 spiro atoms. The van der Waals surface area contributed by atoms with Gasteiger partial charge in [-0.1, -0.05) is 180 Å². The van der Waals surface area contributed by atoms with Gasteiger partial charge in [0.2, 0.25) is 0 Å². The Labute approximate surface area is 309 Å². The average Bonchev–Trinajstić information content (AvgIpc) is 3.11. The van der Waals surface area contributed by atoms with Gasteiger partial charge in [-0.2, -0.15) is 0 Å². The molecule has 292 valence electrons. The molecule has 0 radical (unpaired) electrons. The second kappa shape index (κ2) is 39.7. The lowest BCUT2D eigenvalue weighted by Crippen LogP contribution is -2.30. The van der Waals surface area contributed by atoms with Crippen LogP contribution in [0, 0.1) is 0 Å². The maximum Gasteiger partial charge on any atom is 0.306 e. The molecule has 0 aliphatic heterocycles. The fourth-order valence-corrected chi connectivity index (χ4v) is 6.01. The largest absolute Gasteiger partial charge is 0.462 e. The van der Waals surface area contributed by atoms with Gasteiger partial charge in [-0.25, -0.2) is 0 Å². The summed E-state index contributed by atoms with van der Waals surface area (Å²) in [6.45, 7) is 6.46. The molecule has 0 amide bonds. The number of ether oxygens (including phenoxy) is 3. The van der Waals surface area contributed by atoms with Crippen LogP contribution < -0.4 is 0 Å². The molecule has 0 bridgehead atoms. The van der Waals surface area contributed by atoms with Crippen LogP contribution in [0.3, 0.4) is 0 Å². The Morgan fingerprint density at radius 2 is 0.780 bits per heavy atom. The molecule has 50 heavy (non-hydrogen) atoms. The normalized spacial score (nSPS) is 12.1. The molecule has 0 fully saturated rings. The van der Waals surface area contributed by atoms with Crippen LogP contribution in [0.15, 0.2) is 24.3 Å². The van der Waals surface area contributed by atoms with Gasteiger partial charge in [0.1, 0.15) is 13.2 Å². The van der Waals surface area contributed by atoms with Gasteiger partial charge in [0.25, 0.3) is 0 Å². The van der Waals surface area contributed by atoms with Gasteiger partial charge >= 0.3 is 17.9 Å². The summed E-state index contributed by atoms with van der Waals surface area (Å²) < 4.78 is 16.6. The predicted molar refractivity (Wildman–Crippen MR) is 210 cm³/mol. The van der Waals surface area contributed by atoms with Crippen molar-refractivity contribution in [2.24, 2.45) is 0 Å². The number of carbonyl (C=O) groups is 3. The van der Waals surface area contributed by atoms with Gasteiger partial charge in [0.05, 0.1) is 0 Å². The lowest BCUT2D eigenvalue weighted by atomic mass is 10.0. The lowest BCUT2D eigenvalue weighted by molar-refractivity contribution is -0.167. The number of unbranched alkanes of at least 4 members (excludes halogenated alkanes) is 23. The molecule has 0 aliphatic carbocycles. The van der Waals surface area contributed by atoms with Crippen molar-refractivity contribution in [1.29, 1.82) is 0 Å². The van der Waals surface area contributed by atoms with Crippen molar-refractivity contribution >= 4 is 17.9 Å². The predicted octanol–water partition coefficient (Wildman–Crippen LogP) is 13.2. The summed E-state index contributed by atoms with van der Waals surface area (Å²) in [6, 6.07) is 0. The molecular weight excluding hydrogens is 624 g/mol. The van der Waals surface area contributed by atoms with E-state index < -0.39 is 6.10 Å². The summed E-state index contributed by atoms with van der Waals surface area (Å²) in [5.41, 5.74) is 0. The molecule has 0 aromatic carbocycles. The maximum absolute atomic E-state index is 12.6. The van der Waals surface area contributed by atoms with Crippen molar-refractivity contribution in [3.05, 3.63) is 24.3 Å². The molecule has 0 aromatic heterocycles. The first-order chi connectivity index (χ1) is 24.5. The van der Waals surface area contributed by atoms with E-state index in [1.54, 1.807) is 0 Å². The standard InChI is InChI=1S/C44H80O6/c1-4-7-10-13-16-19-21-22-23-26-28-31-34-37-43(46)49-40-41(39-48-42(45)36-33-30-27-24-18-15-12-9-6-3)50-44(47)38-35-32-29-25-20-17-14-11-8-5-2/h9,12,18,24,41H,4-8,10-11,13-17,19-23,25-40H2,1-3H3/b12-9-,24-18-. The van der Waals surface area contributed by atoms with Crippen LogP contribution in [0.4, 0.5) is 0 Å². The fourth-order valence-electron chi connectivity index (χ4n) is 6.01. The fraction of sp³-hybridized carbons (Fsp3) is 0.841. The molecule has 1 atom stereocenters. The Morgan fingerprint density at radius 3 is 1.20 bits per heavy atom. The lowest BCUT2D eigenvalue weighted by Gasteiger charge is -2.18. The van der Waals surface area contributed by atoms with Crippen molar-refractivity contribution in [1.82, 2.24) is 0 Å². The first-order valence-electron chi connectivity index (χ1n) is 21.3. The van der Waals surface area contributed by atoms with E-state index in [0.29, 0.717) is 19.3 Å². The molecular formula is C44H80O6. The van der Waals surface area contributed by atoms with Crippen molar-refractivity contribution in [2.75, 3.05) is 13.2 Å². The monoisotopic (exact) mass is 705 g/mol. The van der Waals surface area contributed by atoms with Crippen molar-refractivity contribution < 1.29 is 28.6 Å². The summed E-state index contributed by atoms with van der Waals surface area (Å²) in [5.74, 6) is -0.916. The van der Waals surface area contributed by atoms with E-state index >= 15 is 0 Å². The van der Waals surface area contributed by atoms with Gasteiger partial charge in [0.15, 0.2) is 6.10 Å². The van der Waals surface area contributed by atoms with Crippen LogP contribution in [0.1, 0.15) is 220 Å². The molecule has 0 saturated carbocycles. The summed E-state index contributed by atoms with van der Waals surface area (Å²) in [7, 11) is 0. The molecule has 1 unspecified atom stereocenters. The van der Waals surface area contributed by atoms with Crippen molar-refractivity contribution in [3.8, 4) is 0 Å². The minimum atomic E-state index is -0.774. The highest BCUT2D eigenvalue weighted by molar-refractivity contribution is 5.71. The summed E-state index contributed by atoms with van der Waals surface area (Å²) in [4.78, 5) is 37.5. The van der Waals surface area contributed by atoms with Crippen LogP contribution in [0.2, 0.25) is 0 Å².